The molecule has 2 N–H and O–H groups in total. The smallest absolute Gasteiger partial charge is 0.123 e. The van der Waals surface area contributed by atoms with Gasteiger partial charge in [-0.1, -0.05) is 34.1 Å². The monoisotopic (exact) mass is 307 g/mol. The molecule has 0 aliphatic heterocycles. The standard InChI is InChI=1S/C15H15BrFN/c1-10-6-12(9-14(17)7-10)15(18)8-11-2-4-13(16)5-3-11/h2-7,9,15H,8,18H2,1H3. The van der Waals surface area contributed by atoms with E-state index in [9.17, 15) is 4.39 Å². The van der Waals surface area contributed by atoms with Crippen molar-refractivity contribution in [3.8, 4) is 0 Å². The Balaban J connectivity index is 2.16. The molecule has 0 bridgehead atoms. The highest BCUT2D eigenvalue weighted by Crippen LogP contribution is 2.20. The number of hydrogen-bond acceptors (Lipinski definition) is 1. The maximum Gasteiger partial charge on any atom is 0.123 e. The average molecular weight is 308 g/mol. The molecule has 94 valence electrons. The van der Waals surface area contributed by atoms with Gasteiger partial charge >= 0.3 is 0 Å². The highest BCUT2D eigenvalue weighted by Gasteiger charge is 2.09. The van der Waals surface area contributed by atoms with Gasteiger partial charge in [0.15, 0.2) is 0 Å². The fraction of sp³-hybridized carbons (Fsp3) is 0.200. The lowest BCUT2D eigenvalue weighted by molar-refractivity contribution is 0.617. The topological polar surface area (TPSA) is 26.0 Å². The molecule has 0 aliphatic rings. The molecule has 2 aromatic rings. The number of aryl methyl sites for hydroxylation is 1. The third-order valence-corrected chi connectivity index (χ3v) is 3.39. The van der Waals surface area contributed by atoms with Crippen LogP contribution < -0.4 is 5.73 Å². The van der Waals surface area contributed by atoms with Crippen molar-refractivity contribution in [2.45, 2.75) is 19.4 Å². The Labute approximate surface area is 115 Å². The summed E-state index contributed by atoms with van der Waals surface area (Å²) in [5.41, 5.74) is 9.01. The van der Waals surface area contributed by atoms with Gasteiger partial charge in [0.1, 0.15) is 5.82 Å². The summed E-state index contributed by atoms with van der Waals surface area (Å²) >= 11 is 3.39. The van der Waals surface area contributed by atoms with E-state index in [1.165, 1.54) is 12.1 Å². The molecule has 0 aromatic heterocycles. The zero-order valence-electron chi connectivity index (χ0n) is 10.2. The van der Waals surface area contributed by atoms with Crippen LogP contribution >= 0.6 is 15.9 Å². The van der Waals surface area contributed by atoms with Crippen LogP contribution in [0.3, 0.4) is 0 Å². The molecule has 0 fully saturated rings. The van der Waals surface area contributed by atoms with Crippen molar-refractivity contribution in [2.24, 2.45) is 5.73 Å². The largest absolute Gasteiger partial charge is 0.324 e. The van der Waals surface area contributed by atoms with Crippen LogP contribution in [0.4, 0.5) is 4.39 Å². The van der Waals surface area contributed by atoms with Crippen molar-refractivity contribution in [1.29, 1.82) is 0 Å². The van der Waals surface area contributed by atoms with E-state index in [1.54, 1.807) is 0 Å². The van der Waals surface area contributed by atoms with Crippen molar-refractivity contribution in [3.05, 3.63) is 69.4 Å². The van der Waals surface area contributed by atoms with Gasteiger partial charge in [-0.25, -0.2) is 4.39 Å². The van der Waals surface area contributed by atoms with Gasteiger partial charge in [0.25, 0.3) is 0 Å². The number of nitrogens with two attached hydrogens (primary N) is 1. The lowest BCUT2D eigenvalue weighted by atomic mass is 9.98. The first-order chi connectivity index (χ1) is 8.54. The Morgan fingerprint density at radius 3 is 2.44 bits per heavy atom. The molecule has 1 atom stereocenters. The van der Waals surface area contributed by atoms with Crippen LogP contribution in [0.2, 0.25) is 0 Å². The third-order valence-electron chi connectivity index (χ3n) is 2.86. The molecule has 0 saturated carbocycles. The summed E-state index contributed by atoms with van der Waals surface area (Å²) in [4.78, 5) is 0. The van der Waals surface area contributed by atoms with Crippen molar-refractivity contribution in [1.82, 2.24) is 0 Å². The summed E-state index contributed by atoms with van der Waals surface area (Å²) in [6.45, 7) is 1.87. The van der Waals surface area contributed by atoms with Gasteiger partial charge in [0.05, 0.1) is 0 Å². The van der Waals surface area contributed by atoms with Gasteiger partial charge in [-0.05, 0) is 54.3 Å². The average Bonchev–Trinajstić information content (AvgIpc) is 2.31. The van der Waals surface area contributed by atoms with Crippen LogP contribution in [0.5, 0.6) is 0 Å². The second-order valence-corrected chi connectivity index (χ2v) is 5.41. The molecule has 0 spiro atoms. The fourth-order valence-electron chi connectivity index (χ4n) is 1.97. The fourth-order valence-corrected chi connectivity index (χ4v) is 2.24. The maximum absolute atomic E-state index is 13.3. The predicted molar refractivity (Wildman–Crippen MR) is 75.9 cm³/mol. The van der Waals surface area contributed by atoms with Crippen LogP contribution in [0.1, 0.15) is 22.7 Å². The summed E-state index contributed by atoms with van der Waals surface area (Å²) in [6.07, 6.45) is 0.705. The Bertz CT molecular complexity index is 516. The lowest BCUT2D eigenvalue weighted by Crippen LogP contribution is -2.13. The van der Waals surface area contributed by atoms with Gasteiger partial charge in [-0.15, -0.1) is 0 Å². The summed E-state index contributed by atoms with van der Waals surface area (Å²) in [5, 5.41) is 0. The maximum atomic E-state index is 13.3. The number of rotatable bonds is 3. The van der Waals surface area contributed by atoms with E-state index in [-0.39, 0.29) is 11.9 Å². The highest BCUT2D eigenvalue weighted by atomic mass is 79.9. The van der Waals surface area contributed by atoms with Crippen LogP contribution in [-0.4, -0.2) is 0 Å². The summed E-state index contributed by atoms with van der Waals surface area (Å²) in [7, 11) is 0. The van der Waals surface area contributed by atoms with Gasteiger partial charge < -0.3 is 5.73 Å². The van der Waals surface area contributed by atoms with Crippen LogP contribution in [-0.2, 0) is 6.42 Å². The van der Waals surface area contributed by atoms with Crippen molar-refractivity contribution >= 4 is 15.9 Å². The van der Waals surface area contributed by atoms with E-state index in [0.717, 1.165) is 21.2 Å². The Morgan fingerprint density at radius 2 is 1.83 bits per heavy atom. The molecule has 1 nitrogen and oxygen atoms in total. The first-order valence-corrected chi connectivity index (χ1v) is 6.61. The van der Waals surface area contributed by atoms with E-state index in [1.807, 2.05) is 37.3 Å². The molecule has 18 heavy (non-hydrogen) atoms. The minimum absolute atomic E-state index is 0.180. The molecule has 3 heteroatoms. The quantitative estimate of drug-likeness (QED) is 0.906. The first-order valence-electron chi connectivity index (χ1n) is 5.82. The summed E-state index contributed by atoms with van der Waals surface area (Å²) < 4.78 is 14.4. The second-order valence-electron chi connectivity index (χ2n) is 4.50. The normalized spacial score (nSPS) is 12.4. The van der Waals surface area contributed by atoms with Gasteiger partial charge in [0, 0.05) is 10.5 Å². The van der Waals surface area contributed by atoms with Crippen molar-refractivity contribution in [3.63, 3.8) is 0 Å². The second kappa shape index (κ2) is 5.63. The highest BCUT2D eigenvalue weighted by molar-refractivity contribution is 9.10. The van der Waals surface area contributed by atoms with Gasteiger partial charge in [-0.2, -0.15) is 0 Å². The Morgan fingerprint density at radius 1 is 1.17 bits per heavy atom. The summed E-state index contributed by atoms with van der Waals surface area (Å²) in [6, 6.07) is 12.8. The zero-order valence-corrected chi connectivity index (χ0v) is 11.7. The molecule has 0 aliphatic carbocycles. The summed E-state index contributed by atoms with van der Waals surface area (Å²) in [5.74, 6) is -0.226. The molecular weight excluding hydrogens is 293 g/mol. The first kappa shape index (κ1) is 13.2. The van der Waals surface area contributed by atoms with Crippen LogP contribution in [0, 0.1) is 12.7 Å². The minimum atomic E-state index is -0.226. The van der Waals surface area contributed by atoms with Crippen molar-refractivity contribution in [2.75, 3.05) is 0 Å². The van der Waals surface area contributed by atoms with Crippen LogP contribution in [0.15, 0.2) is 46.9 Å². The number of benzene rings is 2. The Kier molecular flexibility index (Phi) is 4.15. The molecule has 0 saturated heterocycles. The van der Waals surface area contributed by atoms with E-state index < -0.39 is 0 Å². The molecular formula is C15H15BrFN. The van der Waals surface area contributed by atoms with E-state index in [0.29, 0.717) is 6.42 Å². The molecule has 2 rings (SSSR count). The predicted octanol–water partition coefficient (Wildman–Crippen LogP) is 4.14. The molecule has 1 unspecified atom stereocenters. The molecule has 2 aromatic carbocycles. The number of hydrogen-bond donors (Lipinski definition) is 1. The SMILES string of the molecule is Cc1cc(F)cc(C(N)Cc2ccc(Br)cc2)c1. The lowest BCUT2D eigenvalue weighted by Gasteiger charge is -2.13. The van der Waals surface area contributed by atoms with E-state index in [4.69, 9.17) is 5.73 Å². The van der Waals surface area contributed by atoms with Crippen LogP contribution in [0.25, 0.3) is 0 Å². The Hall–Kier alpha value is -1.19. The number of halogens is 2. The van der Waals surface area contributed by atoms with E-state index in [2.05, 4.69) is 15.9 Å². The van der Waals surface area contributed by atoms with Gasteiger partial charge in [0.2, 0.25) is 0 Å². The van der Waals surface area contributed by atoms with E-state index >= 15 is 0 Å². The zero-order chi connectivity index (χ0) is 13.1. The minimum Gasteiger partial charge on any atom is -0.324 e. The van der Waals surface area contributed by atoms with Crippen molar-refractivity contribution < 1.29 is 4.39 Å². The van der Waals surface area contributed by atoms with Gasteiger partial charge in [-0.3, -0.25) is 0 Å². The third kappa shape index (κ3) is 3.40. The molecule has 0 heterocycles. The molecule has 0 radical (unpaired) electrons. The molecule has 0 amide bonds.